The van der Waals surface area contributed by atoms with E-state index in [1.165, 1.54) is 30.2 Å². The number of amides is 2. The van der Waals surface area contributed by atoms with E-state index in [1.807, 2.05) is 0 Å². The molecule has 0 spiro atoms. The van der Waals surface area contributed by atoms with Crippen LogP contribution in [0.2, 0.25) is 0 Å². The highest BCUT2D eigenvalue weighted by molar-refractivity contribution is 5.95. The summed E-state index contributed by atoms with van der Waals surface area (Å²) in [4.78, 5) is 25.9. The van der Waals surface area contributed by atoms with Gasteiger partial charge in [0.1, 0.15) is 0 Å². The Morgan fingerprint density at radius 1 is 1.03 bits per heavy atom. The van der Waals surface area contributed by atoms with E-state index in [9.17, 15) is 22.8 Å². The molecule has 0 saturated heterocycles. The molecule has 0 heterocycles. The number of methoxy groups -OCH3 is 1. The topological polar surface area (TPSA) is 67.9 Å². The number of para-hydroxylation sites is 3. The monoisotopic (exact) mass is 424 g/mol. The number of nitrogens with zero attached hydrogens (tertiary/aromatic N) is 1. The lowest BCUT2D eigenvalue weighted by Crippen LogP contribution is -2.38. The van der Waals surface area contributed by atoms with Gasteiger partial charge in [-0.05, 0) is 31.2 Å². The first-order chi connectivity index (χ1) is 14.3. The van der Waals surface area contributed by atoms with Gasteiger partial charge in [0.2, 0.25) is 11.8 Å². The fraction of sp³-hybridized carbons (Fsp3) is 0.333. The van der Waals surface area contributed by atoms with Crippen LogP contribution < -0.4 is 14.8 Å². The van der Waals surface area contributed by atoms with Crippen LogP contribution in [0, 0.1) is 0 Å². The summed E-state index contributed by atoms with van der Waals surface area (Å²) < 4.78 is 49.9. The number of ether oxygens (including phenoxy) is 2. The van der Waals surface area contributed by atoms with Gasteiger partial charge in [-0.2, -0.15) is 13.2 Å². The Morgan fingerprint density at radius 2 is 1.67 bits per heavy atom. The summed E-state index contributed by atoms with van der Waals surface area (Å²) in [6.07, 6.45) is -4.60. The van der Waals surface area contributed by atoms with Crippen molar-refractivity contribution in [1.29, 1.82) is 0 Å². The highest BCUT2D eigenvalue weighted by atomic mass is 19.4. The van der Waals surface area contributed by atoms with Crippen LogP contribution in [0.5, 0.6) is 11.5 Å². The summed E-state index contributed by atoms with van der Waals surface area (Å²) in [5.74, 6) is -0.0587. The third-order valence-corrected chi connectivity index (χ3v) is 4.22. The number of nitrogens with one attached hydrogen (secondary N) is 1. The number of benzene rings is 2. The fourth-order valence-corrected chi connectivity index (χ4v) is 2.72. The largest absolute Gasteiger partial charge is 0.493 e. The maximum Gasteiger partial charge on any atom is 0.418 e. The highest BCUT2D eigenvalue weighted by Crippen LogP contribution is 2.34. The van der Waals surface area contributed by atoms with Crippen molar-refractivity contribution in [3.8, 4) is 11.5 Å². The van der Waals surface area contributed by atoms with Gasteiger partial charge in [-0.3, -0.25) is 9.59 Å². The van der Waals surface area contributed by atoms with E-state index in [1.54, 1.807) is 31.2 Å². The van der Waals surface area contributed by atoms with Crippen molar-refractivity contribution in [3.63, 3.8) is 0 Å². The van der Waals surface area contributed by atoms with Crippen LogP contribution in [0.15, 0.2) is 48.5 Å². The Balaban J connectivity index is 1.91. The molecule has 0 aliphatic heterocycles. The lowest BCUT2D eigenvalue weighted by Gasteiger charge is -2.21. The molecule has 6 nitrogen and oxygen atoms in total. The minimum atomic E-state index is -4.60. The number of halogens is 3. The third-order valence-electron chi connectivity index (χ3n) is 4.22. The first kappa shape index (κ1) is 23.1. The first-order valence-corrected chi connectivity index (χ1v) is 9.26. The van der Waals surface area contributed by atoms with E-state index in [0.29, 0.717) is 11.5 Å². The van der Waals surface area contributed by atoms with Crippen LogP contribution in [0.3, 0.4) is 0 Å². The van der Waals surface area contributed by atoms with Crippen LogP contribution in [0.4, 0.5) is 18.9 Å². The van der Waals surface area contributed by atoms with Crippen molar-refractivity contribution in [1.82, 2.24) is 4.90 Å². The minimum absolute atomic E-state index is 0.00168. The summed E-state index contributed by atoms with van der Waals surface area (Å²) in [6, 6.07) is 11.6. The second-order valence-electron chi connectivity index (χ2n) is 6.25. The van der Waals surface area contributed by atoms with Crippen molar-refractivity contribution in [2.45, 2.75) is 19.5 Å². The SMILES string of the molecule is CCN(CC(=O)Nc1ccccc1C(F)(F)F)C(=O)CCOc1ccccc1OC. The second kappa shape index (κ2) is 10.5. The molecule has 0 unspecified atom stereocenters. The van der Waals surface area contributed by atoms with E-state index in [-0.39, 0.29) is 37.7 Å². The number of carbonyl (C=O) groups is 2. The molecule has 2 amide bonds. The average molecular weight is 424 g/mol. The van der Waals surface area contributed by atoms with Crippen molar-refractivity contribution >= 4 is 17.5 Å². The fourth-order valence-electron chi connectivity index (χ4n) is 2.72. The van der Waals surface area contributed by atoms with Crippen LogP contribution >= 0.6 is 0 Å². The highest BCUT2D eigenvalue weighted by Gasteiger charge is 2.33. The summed E-state index contributed by atoms with van der Waals surface area (Å²) in [7, 11) is 1.50. The number of likely N-dealkylation sites (N-methyl/N-ethyl adjacent to an activating group) is 1. The Bertz CT molecular complexity index is 871. The number of hydrogen-bond acceptors (Lipinski definition) is 4. The average Bonchev–Trinajstić information content (AvgIpc) is 2.71. The van der Waals surface area contributed by atoms with Crippen molar-refractivity contribution in [2.75, 3.05) is 32.1 Å². The normalized spacial score (nSPS) is 11.0. The maximum atomic E-state index is 13.1. The minimum Gasteiger partial charge on any atom is -0.493 e. The summed E-state index contributed by atoms with van der Waals surface area (Å²) >= 11 is 0. The van der Waals surface area contributed by atoms with Gasteiger partial charge in [-0.1, -0.05) is 24.3 Å². The predicted octanol–water partition coefficient (Wildman–Crippen LogP) is 3.97. The third kappa shape index (κ3) is 6.40. The molecule has 2 aromatic carbocycles. The molecule has 0 fully saturated rings. The van der Waals surface area contributed by atoms with Crippen molar-refractivity contribution in [2.24, 2.45) is 0 Å². The van der Waals surface area contributed by atoms with E-state index in [4.69, 9.17) is 9.47 Å². The molecule has 0 aliphatic carbocycles. The van der Waals surface area contributed by atoms with Gasteiger partial charge in [0.15, 0.2) is 11.5 Å². The van der Waals surface area contributed by atoms with Crippen LogP contribution in [-0.4, -0.2) is 43.5 Å². The Morgan fingerprint density at radius 3 is 2.30 bits per heavy atom. The zero-order chi connectivity index (χ0) is 22.1. The van der Waals surface area contributed by atoms with Crippen molar-refractivity contribution in [3.05, 3.63) is 54.1 Å². The molecular formula is C21H23F3N2O4. The standard InChI is InChI=1S/C21H23F3N2O4/c1-3-26(20(28)12-13-30-18-11-7-6-10-17(18)29-2)14-19(27)25-16-9-5-4-8-15(16)21(22,23)24/h4-11H,3,12-14H2,1-2H3,(H,25,27). The van der Waals surface area contributed by atoms with E-state index in [0.717, 1.165) is 6.07 Å². The van der Waals surface area contributed by atoms with Gasteiger partial charge in [-0.25, -0.2) is 0 Å². The first-order valence-electron chi connectivity index (χ1n) is 9.26. The quantitative estimate of drug-likeness (QED) is 0.662. The molecule has 2 rings (SSSR count). The number of hydrogen-bond donors (Lipinski definition) is 1. The van der Waals surface area contributed by atoms with Gasteiger partial charge >= 0.3 is 6.18 Å². The molecule has 0 aliphatic rings. The van der Waals surface area contributed by atoms with Gasteiger partial charge in [0, 0.05) is 6.54 Å². The summed E-state index contributed by atoms with van der Waals surface area (Å²) in [5, 5.41) is 2.23. The molecular weight excluding hydrogens is 401 g/mol. The number of alkyl halides is 3. The Hall–Kier alpha value is -3.23. The smallest absolute Gasteiger partial charge is 0.418 e. The molecule has 1 N–H and O–H groups in total. The predicted molar refractivity (Wildman–Crippen MR) is 105 cm³/mol. The van der Waals surface area contributed by atoms with E-state index in [2.05, 4.69) is 5.32 Å². The van der Waals surface area contributed by atoms with Crippen LogP contribution in [-0.2, 0) is 15.8 Å². The Kier molecular flexibility index (Phi) is 8.08. The lowest BCUT2D eigenvalue weighted by atomic mass is 10.1. The number of anilines is 1. The van der Waals surface area contributed by atoms with Crippen molar-refractivity contribution < 1.29 is 32.2 Å². The molecule has 2 aromatic rings. The zero-order valence-electron chi connectivity index (χ0n) is 16.7. The van der Waals surface area contributed by atoms with Crippen LogP contribution in [0.25, 0.3) is 0 Å². The summed E-state index contributed by atoms with van der Waals surface area (Å²) in [6.45, 7) is 1.60. The molecule has 0 radical (unpaired) electrons. The Labute approximate surface area is 172 Å². The van der Waals surface area contributed by atoms with Gasteiger partial charge in [0.25, 0.3) is 0 Å². The summed E-state index contributed by atoms with van der Waals surface area (Å²) in [5.41, 5.74) is -1.30. The van der Waals surface area contributed by atoms with Gasteiger partial charge in [0.05, 0.1) is 37.9 Å². The van der Waals surface area contributed by atoms with Gasteiger partial charge < -0.3 is 19.7 Å². The lowest BCUT2D eigenvalue weighted by molar-refractivity contribution is -0.137. The number of rotatable bonds is 9. The number of carbonyl (C=O) groups excluding carboxylic acids is 2. The molecule has 30 heavy (non-hydrogen) atoms. The zero-order valence-corrected chi connectivity index (χ0v) is 16.7. The van der Waals surface area contributed by atoms with Gasteiger partial charge in [-0.15, -0.1) is 0 Å². The second-order valence-corrected chi connectivity index (χ2v) is 6.25. The molecule has 9 heteroatoms. The molecule has 162 valence electrons. The van der Waals surface area contributed by atoms with E-state index >= 15 is 0 Å². The van der Waals surface area contributed by atoms with Crippen LogP contribution in [0.1, 0.15) is 18.9 Å². The van der Waals surface area contributed by atoms with E-state index < -0.39 is 17.6 Å². The molecule has 0 aromatic heterocycles. The molecule has 0 atom stereocenters. The molecule has 0 saturated carbocycles. The molecule has 0 bridgehead atoms. The maximum absolute atomic E-state index is 13.1.